The summed E-state index contributed by atoms with van der Waals surface area (Å²) in [5, 5.41) is 14.9. The first-order chi connectivity index (χ1) is 13.4. The van der Waals surface area contributed by atoms with Crippen LogP contribution in [-0.4, -0.2) is 34.9 Å². The minimum atomic E-state index is -0.976. The predicted octanol–water partition coefficient (Wildman–Crippen LogP) is 3.72. The Morgan fingerprint density at radius 3 is 2.57 bits per heavy atom. The second-order valence-electron chi connectivity index (χ2n) is 7.11. The molecule has 4 rings (SSSR count). The zero-order chi connectivity index (χ0) is 19.9. The maximum absolute atomic E-state index is 13.4. The van der Waals surface area contributed by atoms with Gasteiger partial charge in [-0.15, -0.1) is 4.52 Å². The smallest absolute Gasteiger partial charge is 0.275 e. The molecule has 0 bridgehead atoms. The zero-order valence-corrected chi connectivity index (χ0v) is 15.3. The van der Waals surface area contributed by atoms with Gasteiger partial charge in [0.25, 0.3) is 5.82 Å². The first-order valence-corrected chi connectivity index (χ1v) is 8.62. The molecular formula is C20H17FN6O. The summed E-state index contributed by atoms with van der Waals surface area (Å²) in [5.74, 6) is -0.0328. The highest BCUT2D eigenvalue weighted by Crippen LogP contribution is 2.31. The largest absolute Gasteiger partial charge is 0.389 e. The highest BCUT2D eigenvalue weighted by atomic mass is 19.1. The number of halogens is 1. The van der Waals surface area contributed by atoms with Crippen molar-refractivity contribution in [3.63, 3.8) is 0 Å². The van der Waals surface area contributed by atoms with Crippen LogP contribution in [0, 0.1) is 12.4 Å². The third-order valence-electron chi connectivity index (χ3n) is 4.21. The molecule has 0 fully saturated rings. The Balaban J connectivity index is 1.94. The van der Waals surface area contributed by atoms with E-state index in [9.17, 15) is 9.50 Å². The van der Waals surface area contributed by atoms with Gasteiger partial charge in [0.2, 0.25) is 5.65 Å². The SMILES string of the molecule is [C-]#[N+]c1cnc2ccc(-c3c(-c4ccc(F)cc4)ncn3CC(C)(C)O)nn12. The van der Waals surface area contributed by atoms with Gasteiger partial charge >= 0.3 is 0 Å². The lowest BCUT2D eigenvalue weighted by Gasteiger charge is -2.19. The summed E-state index contributed by atoms with van der Waals surface area (Å²) >= 11 is 0. The van der Waals surface area contributed by atoms with Crippen molar-refractivity contribution in [2.45, 2.75) is 26.0 Å². The Hall–Kier alpha value is -3.57. The fourth-order valence-electron chi connectivity index (χ4n) is 3.07. The van der Waals surface area contributed by atoms with Crippen molar-refractivity contribution in [2.75, 3.05) is 0 Å². The van der Waals surface area contributed by atoms with Crippen LogP contribution in [0.2, 0.25) is 0 Å². The fraction of sp³-hybridized carbons (Fsp3) is 0.200. The monoisotopic (exact) mass is 376 g/mol. The maximum Gasteiger partial charge on any atom is 0.275 e. The van der Waals surface area contributed by atoms with Crippen LogP contribution in [-0.2, 0) is 6.54 Å². The van der Waals surface area contributed by atoms with Gasteiger partial charge in [-0.3, -0.25) is 0 Å². The predicted molar refractivity (Wildman–Crippen MR) is 102 cm³/mol. The molecule has 0 aliphatic carbocycles. The van der Waals surface area contributed by atoms with Gasteiger partial charge in [0, 0.05) is 11.6 Å². The van der Waals surface area contributed by atoms with E-state index in [4.69, 9.17) is 6.57 Å². The van der Waals surface area contributed by atoms with Crippen molar-refractivity contribution in [3.05, 3.63) is 66.2 Å². The molecule has 0 aliphatic rings. The van der Waals surface area contributed by atoms with Crippen molar-refractivity contribution in [3.8, 4) is 22.6 Å². The summed E-state index contributed by atoms with van der Waals surface area (Å²) in [4.78, 5) is 12.1. The third-order valence-corrected chi connectivity index (χ3v) is 4.21. The molecular weight excluding hydrogens is 359 g/mol. The summed E-state index contributed by atoms with van der Waals surface area (Å²) in [7, 11) is 0. The van der Waals surface area contributed by atoms with Crippen molar-refractivity contribution in [1.82, 2.24) is 24.1 Å². The first kappa shape index (κ1) is 17.8. The van der Waals surface area contributed by atoms with Crippen LogP contribution >= 0.6 is 0 Å². The van der Waals surface area contributed by atoms with Gasteiger partial charge in [-0.25, -0.2) is 14.4 Å². The van der Waals surface area contributed by atoms with E-state index in [2.05, 4.69) is 19.9 Å². The molecule has 1 N–H and O–H groups in total. The second kappa shape index (κ2) is 6.55. The molecule has 0 spiro atoms. The van der Waals surface area contributed by atoms with Crippen molar-refractivity contribution in [1.29, 1.82) is 0 Å². The number of rotatable bonds is 4. The molecule has 0 aliphatic heterocycles. The van der Waals surface area contributed by atoms with Crippen LogP contribution in [0.1, 0.15) is 13.8 Å². The van der Waals surface area contributed by atoms with Gasteiger partial charge in [0.15, 0.2) is 0 Å². The van der Waals surface area contributed by atoms with Crippen LogP contribution < -0.4 is 0 Å². The van der Waals surface area contributed by atoms with Gasteiger partial charge in [0.05, 0.1) is 36.1 Å². The summed E-state index contributed by atoms with van der Waals surface area (Å²) in [6.45, 7) is 11.0. The number of aromatic nitrogens is 5. The lowest BCUT2D eigenvalue weighted by atomic mass is 10.1. The Bertz CT molecular complexity index is 1190. The molecule has 8 heteroatoms. The molecule has 7 nitrogen and oxygen atoms in total. The number of nitrogens with zero attached hydrogens (tertiary/aromatic N) is 6. The van der Waals surface area contributed by atoms with E-state index in [-0.39, 0.29) is 12.4 Å². The standard InChI is InChI=1S/C20H17FN6O/c1-20(2,28)11-26-12-24-18(13-4-6-14(21)7-5-13)19(26)15-8-9-16-23-10-17(22-3)27(16)25-15/h4-10,12,28H,11H2,1-2H3. The van der Waals surface area contributed by atoms with Gasteiger partial charge in [0.1, 0.15) is 11.5 Å². The molecule has 140 valence electrons. The molecule has 28 heavy (non-hydrogen) atoms. The molecule has 0 atom stereocenters. The minimum absolute atomic E-state index is 0.288. The van der Waals surface area contributed by atoms with Gasteiger partial charge in [-0.1, -0.05) is 11.7 Å². The third kappa shape index (κ3) is 3.23. The number of aliphatic hydroxyl groups is 1. The molecule has 3 heterocycles. The molecule has 1 aromatic carbocycles. The molecule has 0 unspecified atom stereocenters. The van der Waals surface area contributed by atoms with Crippen molar-refractivity contribution in [2.24, 2.45) is 0 Å². The molecule has 0 radical (unpaired) electrons. The highest BCUT2D eigenvalue weighted by Gasteiger charge is 2.22. The minimum Gasteiger partial charge on any atom is -0.389 e. The molecule has 0 saturated heterocycles. The first-order valence-electron chi connectivity index (χ1n) is 8.62. The van der Waals surface area contributed by atoms with Gasteiger partial charge < -0.3 is 14.5 Å². The molecule has 0 amide bonds. The topological polar surface area (TPSA) is 72.6 Å². The summed E-state index contributed by atoms with van der Waals surface area (Å²) in [6.07, 6.45) is 3.09. The van der Waals surface area contributed by atoms with E-state index in [1.807, 2.05) is 0 Å². The van der Waals surface area contributed by atoms with E-state index >= 15 is 0 Å². The molecule has 3 aromatic heterocycles. The number of benzene rings is 1. The van der Waals surface area contributed by atoms with Crippen LogP contribution in [0.4, 0.5) is 10.2 Å². The molecule has 0 saturated carbocycles. The van der Waals surface area contributed by atoms with E-state index in [0.717, 1.165) is 5.56 Å². The van der Waals surface area contributed by atoms with E-state index in [1.165, 1.54) is 22.8 Å². The van der Waals surface area contributed by atoms with Crippen LogP contribution in [0.15, 0.2) is 48.9 Å². The summed E-state index contributed by atoms with van der Waals surface area (Å²) in [5.41, 5.74) is 2.16. The lowest BCUT2D eigenvalue weighted by Crippen LogP contribution is -2.26. The molecule has 4 aromatic rings. The van der Waals surface area contributed by atoms with Crippen molar-refractivity contribution >= 4 is 11.5 Å². The van der Waals surface area contributed by atoms with Gasteiger partial charge in [-0.2, -0.15) is 0 Å². The normalized spacial score (nSPS) is 11.7. The zero-order valence-electron chi connectivity index (χ0n) is 15.3. The lowest BCUT2D eigenvalue weighted by molar-refractivity contribution is 0.0619. The van der Waals surface area contributed by atoms with Crippen molar-refractivity contribution < 1.29 is 9.50 Å². The number of hydrogen-bond donors (Lipinski definition) is 1. The quantitative estimate of drug-likeness (QED) is 0.551. The second-order valence-corrected chi connectivity index (χ2v) is 7.11. The Kier molecular flexibility index (Phi) is 4.17. The van der Waals surface area contributed by atoms with Crippen LogP contribution in [0.5, 0.6) is 0 Å². The fourth-order valence-corrected chi connectivity index (χ4v) is 3.07. The average Bonchev–Trinajstić information content (AvgIpc) is 3.24. The Morgan fingerprint density at radius 2 is 1.89 bits per heavy atom. The van der Waals surface area contributed by atoms with Crippen LogP contribution in [0.3, 0.4) is 0 Å². The van der Waals surface area contributed by atoms with E-state index in [1.54, 1.807) is 49.0 Å². The summed E-state index contributed by atoms with van der Waals surface area (Å²) < 4.78 is 16.6. The Labute approximate surface area is 160 Å². The summed E-state index contributed by atoms with van der Waals surface area (Å²) in [6, 6.07) is 9.61. The number of fused-ring (bicyclic) bond motifs is 1. The van der Waals surface area contributed by atoms with E-state index < -0.39 is 5.60 Å². The average molecular weight is 376 g/mol. The number of hydrogen-bond acceptors (Lipinski definition) is 4. The van der Waals surface area contributed by atoms with Gasteiger partial charge in [-0.05, 0) is 44.2 Å². The number of imidazole rings is 2. The Morgan fingerprint density at radius 1 is 1.14 bits per heavy atom. The maximum atomic E-state index is 13.4. The van der Waals surface area contributed by atoms with E-state index in [0.29, 0.717) is 28.5 Å². The van der Waals surface area contributed by atoms with Crippen LogP contribution in [0.25, 0.3) is 33.1 Å². The highest BCUT2D eigenvalue weighted by molar-refractivity contribution is 5.77.